The molecule has 0 radical (unpaired) electrons. The largest absolute Gasteiger partial charge is 0.368 e. The molecule has 17 heavy (non-hydrogen) atoms. The highest BCUT2D eigenvalue weighted by Crippen LogP contribution is 2.35. The minimum atomic E-state index is 0.137. The van der Waals surface area contributed by atoms with Gasteiger partial charge in [-0.05, 0) is 36.3 Å². The molecule has 5 nitrogen and oxygen atoms in total. The van der Waals surface area contributed by atoms with Crippen molar-refractivity contribution in [3.8, 4) is 0 Å². The number of nitrogens with one attached hydrogen (secondary N) is 1. The summed E-state index contributed by atoms with van der Waals surface area (Å²) in [4.78, 5) is 11.8. The highest BCUT2D eigenvalue weighted by Gasteiger charge is 2.31. The molecule has 2 rings (SSSR count). The third-order valence-corrected chi connectivity index (χ3v) is 3.86. The lowest BCUT2D eigenvalue weighted by molar-refractivity contribution is 0.391. The molecule has 6 heteroatoms. The van der Waals surface area contributed by atoms with Gasteiger partial charge >= 0.3 is 0 Å². The fraction of sp³-hybridized carbons (Fsp3) is 0.727. The fourth-order valence-corrected chi connectivity index (χ4v) is 2.79. The molecule has 1 heterocycles. The zero-order valence-corrected chi connectivity index (χ0v) is 10.9. The van der Waals surface area contributed by atoms with Crippen molar-refractivity contribution in [3.05, 3.63) is 5.28 Å². The number of anilines is 2. The lowest BCUT2D eigenvalue weighted by Crippen LogP contribution is -2.26. The second kappa shape index (κ2) is 5.04. The Morgan fingerprint density at radius 2 is 2.12 bits per heavy atom. The van der Waals surface area contributed by atoms with Crippen LogP contribution in [0.3, 0.4) is 0 Å². The van der Waals surface area contributed by atoms with Gasteiger partial charge in [0.2, 0.25) is 17.2 Å². The zero-order chi connectivity index (χ0) is 12.4. The number of hydrogen-bond acceptors (Lipinski definition) is 5. The minimum absolute atomic E-state index is 0.137. The third kappa shape index (κ3) is 2.77. The van der Waals surface area contributed by atoms with Gasteiger partial charge in [-0.25, -0.2) is 0 Å². The second-order valence-corrected chi connectivity index (χ2v) is 4.98. The second-order valence-electron chi connectivity index (χ2n) is 4.64. The monoisotopic (exact) mass is 255 g/mol. The van der Waals surface area contributed by atoms with Crippen LogP contribution in [0.25, 0.3) is 0 Å². The summed E-state index contributed by atoms with van der Waals surface area (Å²) in [5.74, 6) is 2.04. The molecule has 1 aliphatic carbocycles. The van der Waals surface area contributed by atoms with E-state index in [0.717, 1.165) is 12.3 Å². The van der Waals surface area contributed by atoms with Crippen molar-refractivity contribution < 1.29 is 0 Å². The van der Waals surface area contributed by atoms with Gasteiger partial charge in [-0.1, -0.05) is 20.3 Å². The van der Waals surface area contributed by atoms with Crippen molar-refractivity contribution in [2.75, 3.05) is 11.1 Å². The van der Waals surface area contributed by atoms with Crippen molar-refractivity contribution >= 4 is 23.5 Å². The Balaban J connectivity index is 2.06. The van der Waals surface area contributed by atoms with Gasteiger partial charge in [0.25, 0.3) is 0 Å². The predicted octanol–water partition coefficient (Wildman–Crippen LogP) is 2.34. The van der Waals surface area contributed by atoms with Gasteiger partial charge in [-0.3, -0.25) is 0 Å². The van der Waals surface area contributed by atoms with Crippen LogP contribution >= 0.6 is 11.6 Å². The van der Waals surface area contributed by atoms with Crippen molar-refractivity contribution in [1.82, 2.24) is 15.0 Å². The SMILES string of the molecule is CCC1CCC(Nc2nc(N)nc(Cl)n2)C1C. The topological polar surface area (TPSA) is 76.7 Å². The number of aromatic nitrogens is 3. The predicted molar refractivity (Wildman–Crippen MR) is 68.8 cm³/mol. The van der Waals surface area contributed by atoms with E-state index in [-0.39, 0.29) is 11.2 Å². The molecule has 94 valence electrons. The van der Waals surface area contributed by atoms with Gasteiger partial charge in [-0.2, -0.15) is 15.0 Å². The first-order valence-electron chi connectivity index (χ1n) is 6.03. The quantitative estimate of drug-likeness (QED) is 0.867. The average molecular weight is 256 g/mol. The lowest BCUT2D eigenvalue weighted by Gasteiger charge is -2.20. The molecule has 0 amide bonds. The van der Waals surface area contributed by atoms with Crippen molar-refractivity contribution in [3.63, 3.8) is 0 Å². The Morgan fingerprint density at radius 3 is 2.71 bits per heavy atom. The van der Waals surface area contributed by atoms with E-state index < -0.39 is 0 Å². The van der Waals surface area contributed by atoms with Crippen LogP contribution in [-0.2, 0) is 0 Å². The Labute approximate surface area is 106 Å². The Bertz CT molecular complexity index is 377. The Hall–Kier alpha value is -1.10. The molecule has 3 N–H and O–H groups in total. The molecule has 0 spiro atoms. The van der Waals surface area contributed by atoms with E-state index in [9.17, 15) is 0 Å². The van der Waals surface area contributed by atoms with E-state index in [1.165, 1.54) is 12.8 Å². The fourth-order valence-electron chi connectivity index (χ4n) is 2.62. The summed E-state index contributed by atoms with van der Waals surface area (Å²) in [6, 6.07) is 0.401. The maximum Gasteiger partial charge on any atom is 0.229 e. The highest BCUT2D eigenvalue weighted by atomic mass is 35.5. The van der Waals surface area contributed by atoms with Crippen LogP contribution < -0.4 is 11.1 Å². The van der Waals surface area contributed by atoms with E-state index >= 15 is 0 Å². The summed E-state index contributed by atoms with van der Waals surface area (Å²) in [6.45, 7) is 4.51. The van der Waals surface area contributed by atoms with E-state index in [1.54, 1.807) is 0 Å². The van der Waals surface area contributed by atoms with Gasteiger partial charge in [0, 0.05) is 6.04 Å². The van der Waals surface area contributed by atoms with Gasteiger partial charge in [0.1, 0.15) is 0 Å². The van der Waals surface area contributed by atoms with Crippen LogP contribution in [-0.4, -0.2) is 21.0 Å². The van der Waals surface area contributed by atoms with Crippen LogP contribution in [0.2, 0.25) is 5.28 Å². The van der Waals surface area contributed by atoms with Gasteiger partial charge < -0.3 is 11.1 Å². The average Bonchev–Trinajstić information content (AvgIpc) is 2.58. The first-order valence-corrected chi connectivity index (χ1v) is 6.41. The molecule has 3 atom stereocenters. The number of nitrogens with two attached hydrogens (primary N) is 1. The van der Waals surface area contributed by atoms with Crippen LogP contribution in [0.1, 0.15) is 33.1 Å². The van der Waals surface area contributed by atoms with Crippen LogP contribution in [0, 0.1) is 11.8 Å². The summed E-state index contributed by atoms with van der Waals surface area (Å²) in [5.41, 5.74) is 5.54. The standard InChI is InChI=1S/C11H18ClN5/c1-3-7-4-5-8(6(7)2)14-11-16-9(12)15-10(13)17-11/h6-8H,3-5H2,1-2H3,(H3,13,14,15,16,17). The maximum atomic E-state index is 5.75. The van der Waals surface area contributed by atoms with Crippen LogP contribution in [0.4, 0.5) is 11.9 Å². The summed E-state index contributed by atoms with van der Waals surface area (Å²) in [5, 5.41) is 3.45. The van der Waals surface area contributed by atoms with Gasteiger partial charge in [0.15, 0.2) is 0 Å². The zero-order valence-electron chi connectivity index (χ0n) is 10.2. The van der Waals surface area contributed by atoms with E-state index in [0.29, 0.717) is 17.9 Å². The number of hydrogen-bond donors (Lipinski definition) is 2. The molecule has 0 aliphatic heterocycles. The molecule has 1 aliphatic rings. The normalized spacial score (nSPS) is 28.3. The first kappa shape index (κ1) is 12.4. The van der Waals surface area contributed by atoms with Crippen molar-refractivity contribution in [2.24, 2.45) is 11.8 Å². The van der Waals surface area contributed by atoms with Crippen molar-refractivity contribution in [1.29, 1.82) is 0 Å². The Kier molecular flexibility index (Phi) is 3.66. The van der Waals surface area contributed by atoms with E-state index in [2.05, 4.69) is 34.1 Å². The summed E-state index contributed by atoms with van der Waals surface area (Å²) >= 11 is 5.75. The van der Waals surface area contributed by atoms with Crippen LogP contribution in [0.15, 0.2) is 0 Å². The first-order chi connectivity index (χ1) is 8.10. The molecule has 0 aromatic carbocycles. The molecule has 0 saturated heterocycles. The number of rotatable bonds is 3. The number of halogens is 1. The van der Waals surface area contributed by atoms with E-state index in [1.807, 2.05) is 0 Å². The molecular weight excluding hydrogens is 238 g/mol. The third-order valence-electron chi connectivity index (χ3n) is 3.69. The molecular formula is C11H18ClN5. The molecule has 1 saturated carbocycles. The minimum Gasteiger partial charge on any atom is -0.368 e. The van der Waals surface area contributed by atoms with Crippen LogP contribution in [0.5, 0.6) is 0 Å². The Morgan fingerprint density at radius 1 is 1.35 bits per heavy atom. The summed E-state index contributed by atoms with van der Waals surface area (Å²) < 4.78 is 0. The molecule has 1 aromatic heterocycles. The smallest absolute Gasteiger partial charge is 0.229 e. The maximum absolute atomic E-state index is 5.75. The molecule has 1 aromatic rings. The number of nitrogens with zero attached hydrogens (tertiary/aromatic N) is 3. The summed E-state index contributed by atoms with van der Waals surface area (Å²) in [7, 11) is 0. The molecule has 3 unspecified atom stereocenters. The summed E-state index contributed by atoms with van der Waals surface area (Å²) in [6.07, 6.45) is 3.62. The van der Waals surface area contributed by atoms with Gasteiger partial charge in [-0.15, -0.1) is 0 Å². The highest BCUT2D eigenvalue weighted by molar-refractivity contribution is 6.28. The molecule has 0 bridgehead atoms. The van der Waals surface area contributed by atoms with E-state index in [4.69, 9.17) is 17.3 Å². The number of nitrogen functional groups attached to an aromatic ring is 1. The van der Waals surface area contributed by atoms with Crippen molar-refractivity contribution in [2.45, 2.75) is 39.2 Å². The van der Waals surface area contributed by atoms with Gasteiger partial charge in [0.05, 0.1) is 0 Å². The molecule has 1 fully saturated rings. The lowest BCUT2D eigenvalue weighted by atomic mass is 9.94.